The highest BCUT2D eigenvalue weighted by molar-refractivity contribution is 7.08. The van der Waals surface area contributed by atoms with Gasteiger partial charge in [-0.15, -0.1) is 0 Å². The summed E-state index contributed by atoms with van der Waals surface area (Å²) in [5.41, 5.74) is 5.90. The summed E-state index contributed by atoms with van der Waals surface area (Å²) >= 11 is 1.59. The number of thiophene rings is 1. The fraction of sp³-hybridized carbons (Fsp3) is 0.433. The van der Waals surface area contributed by atoms with Gasteiger partial charge in [-0.05, 0) is 61.1 Å². The molecule has 1 aliphatic heterocycles. The Labute approximate surface area is 276 Å². The molecule has 1 aromatic carbocycles. The molecular weight excluding hydrogens is 577 g/mol. The Morgan fingerprint density at radius 2 is 1.80 bits per heavy atom. The minimum absolute atomic E-state index is 0.134. The lowest BCUT2D eigenvalue weighted by atomic mass is 9.48. The van der Waals surface area contributed by atoms with Crippen LogP contribution in [-0.2, 0) is 11.4 Å². The van der Waals surface area contributed by atoms with E-state index >= 15 is 0 Å². The minimum atomic E-state index is -0.460. The summed E-state index contributed by atoms with van der Waals surface area (Å²) in [4.78, 5) is 31.8. The smallest absolute Gasteiger partial charge is 0.273 e. The van der Waals surface area contributed by atoms with Crippen molar-refractivity contribution in [3.8, 4) is 28.4 Å². The summed E-state index contributed by atoms with van der Waals surface area (Å²) in [6.07, 6.45) is 5.84. The largest absolute Gasteiger partial charge is 0.496 e. The maximum absolute atomic E-state index is 14.5. The maximum atomic E-state index is 14.5. The quantitative estimate of drug-likeness (QED) is 0.269. The van der Waals surface area contributed by atoms with Crippen LogP contribution < -0.4 is 9.47 Å². The van der Waals surface area contributed by atoms with Crippen LogP contribution in [0.2, 0.25) is 0 Å². The third-order valence-electron chi connectivity index (χ3n) is 8.69. The van der Waals surface area contributed by atoms with E-state index in [1.54, 1.807) is 18.4 Å². The second-order valence-corrected chi connectivity index (χ2v) is 15.2. The van der Waals surface area contributed by atoms with Crippen molar-refractivity contribution in [3.05, 3.63) is 51.4 Å². The van der Waals surface area contributed by atoms with E-state index in [9.17, 15) is 9.59 Å². The maximum Gasteiger partial charge on any atom is 0.273 e. The summed E-state index contributed by atoms with van der Waals surface area (Å²) in [7, 11) is 14.1. The zero-order valence-electron chi connectivity index (χ0n) is 28.3. The van der Waals surface area contributed by atoms with Gasteiger partial charge in [-0.2, -0.15) is 16.4 Å². The second kappa shape index (κ2) is 12.9. The van der Waals surface area contributed by atoms with Gasteiger partial charge in [0.15, 0.2) is 5.69 Å². The molecule has 1 saturated carbocycles. The van der Waals surface area contributed by atoms with E-state index in [1.165, 1.54) is 0 Å². The summed E-state index contributed by atoms with van der Waals surface area (Å²) in [6, 6.07) is 6.01. The first-order chi connectivity index (χ1) is 21.2. The van der Waals surface area contributed by atoms with Gasteiger partial charge in [0.25, 0.3) is 5.91 Å². The molecule has 2 aromatic heterocycles. The van der Waals surface area contributed by atoms with E-state index in [-0.39, 0.29) is 29.6 Å². The van der Waals surface area contributed by atoms with Gasteiger partial charge in [-0.3, -0.25) is 9.59 Å². The van der Waals surface area contributed by atoms with Gasteiger partial charge < -0.3 is 19.3 Å². The van der Waals surface area contributed by atoms with E-state index in [0.717, 1.165) is 58.7 Å². The topological polar surface area (TPSA) is 76.9 Å². The van der Waals surface area contributed by atoms with E-state index in [1.807, 2.05) is 37.4 Å². The number of nitrogens with zero attached hydrogens (tertiary/aromatic N) is 4. The molecule has 3 heterocycles. The van der Waals surface area contributed by atoms with Crippen LogP contribution in [0.5, 0.6) is 11.5 Å². The third-order valence-corrected chi connectivity index (χ3v) is 9.36. The molecule has 1 aliphatic carbocycles. The molecule has 0 bridgehead atoms. The molecule has 0 unspecified atom stereocenters. The minimum Gasteiger partial charge on any atom is -0.496 e. The molecule has 3 aromatic rings. The Balaban J connectivity index is 1.51. The predicted molar refractivity (Wildman–Crippen MR) is 199 cm³/mol. The van der Waals surface area contributed by atoms with E-state index in [0.29, 0.717) is 31.0 Å². The van der Waals surface area contributed by atoms with Gasteiger partial charge in [-0.25, -0.2) is 4.68 Å². The molecule has 230 valence electrons. The molecule has 0 atom stereocenters. The van der Waals surface area contributed by atoms with Crippen molar-refractivity contribution >= 4 is 76.3 Å². The van der Waals surface area contributed by atoms with Crippen LogP contribution in [0.4, 0.5) is 0 Å². The molecule has 5 rings (SSSR count). The van der Waals surface area contributed by atoms with E-state index < -0.39 is 5.24 Å². The molecule has 0 spiro atoms. The summed E-state index contributed by atoms with van der Waals surface area (Å²) in [6.45, 7) is 5.44. The lowest BCUT2D eigenvalue weighted by Crippen LogP contribution is -2.58. The fourth-order valence-corrected chi connectivity index (χ4v) is 6.76. The standard InChI is InChI=1S/C30H42B6N4O4S/c1-17(2)12-19-13-21-24(14-23(19)43-3)44-15-22-25(37-40(26(21)22)20-8-11-45-16-20)28(42)39(30(34,35)36)10-5-9-38(29(31,32)33)27(41)18-6-4-7-18/h8,11-14,16,18H,4-7,9-10,15,31-36H2,1-3H3. The summed E-state index contributed by atoms with van der Waals surface area (Å²) in [5.74, 6) is 1.68. The zero-order valence-corrected chi connectivity index (χ0v) is 29.1. The number of hydrogen-bond acceptors (Lipinski definition) is 6. The lowest BCUT2D eigenvalue weighted by molar-refractivity contribution is -0.138. The molecule has 45 heavy (non-hydrogen) atoms. The van der Waals surface area contributed by atoms with E-state index in [2.05, 4.69) is 73.1 Å². The SMILES string of the molecule is BC(B)(B)N(CCCN(C(=O)C1CCC1)C(B)(B)B)C(=O)c1nn(-c2ccsc2)c2c1COc1cc(OC)c(C=C(C)C)cc1-2. The number of aromatic nitrogens is 2. The van der Waals surface area contributed by atoms with Crippen molar-refractivity contribution in [2.75, 3.05) is 20.2 Å². The Hall–Kier alpha value is -3.20. The van der Waals surface area contributed by atoms with Crippen LogP contribution in [-0.4, -0.2) is 109 Å². The second-order valence-electron chi connectivity index (χ2n) is 14.4. The molecular formula is C30H42B6N4O4S. The van der Waals surface area contributed by atoms with Crippen molar-refractivity contribution in [3.63, 3.8) is 0 Å². The van der Waals surface area contributed by atoms with Crippen LogP contribution in [0.15, 0.2) is 34.5 Å². The average molecular weight is 620 g/mol. The van der Waals surface area contributed by atoms with Crippen molar-refractivity contribution < 1.29 is 19.1 Å². The van der Waals surface area contributed by atoms with E-state index in [4.69, 9.17) is 14.6 Å². The summed E-state index contributed by atoms with van der Waals surface area (Å²) < 4.78 is 13.9. The highest BCUT2D eigenvalue weighted by Gasteiger charge is 2.37. The molecule has 0 saturated heterocycles. The number of carbonyl (C=O) groups excluding carboxylic acids is 2. The summed E-state index contributed by atoms with van der Waals surface area (Å²) in [5, 5.41) is 8.31. The molecule has 2 amide bonds. The van der Waals surface area contributed by atoms with Crippen LogP contribution in [0.25, 0.3) is 23.0 Å². The van der Waals surface area contributed by atoms with Gasteiger partial charge in [0, 0.05) is 47.1 Å². The normalized spacial score (nSPS) is 14.4. The zero-order chi connectivity index (χ0) is 32.7. The predicted octanol–water partition coefficient (Wildman–Crippen LogP) is -0.593. The Bertz CT molecular complexity index is 1610. The first-order valence-electron chi connectivity index (χ1n) is 16.0. The molecule has 8 nitrogen and oxygen atoms in total. The number of fused-ring (bicyclic) bond motifs is 3. The number of rotatable bonds is 11. The van der Waals surface area contributed by atoms with Crippen molar-refractivity contribution in [1.82, 2.24) is 19.6 Å². The number of allylic oxidation sites excluding steroid dienone is 1. The average Bonchev–Trinajstić information content (AvgIpc) is 3.58. The Morgan fingerprint density at radius 1 is 1.11 bits per heavy atom. The number of benzene rings is 1. The molecule has 0 radical (unpaired) electrons. The lowest BCUT2D eigenvalue weighted by Gasteiger charge is -2.42. The van der Waals surface area contributed by atoms with Crippen LogP contribution in [0.3, 0.4) is 0 Å². The van der Waals surface area contributed by atoms with Crippen LogP contribution >= 0.6 is 11.3 Å². The first kappa shape index (κ1) is 33.2. The molecule has 15 heteroatoms. The van der Waals surface area contributed by atoms with Crippen LogP contribution in [0, 0.1) is 5.92 Å². The number of hydrogen-bond donors (Lipinski definition) is 0. The number of amides is 2. The molecule has 2 aliphatic rings. The third kappa shape index (κ3) is 6.83. The fourth-order valence-electron chi connectivity index (χ4n) is 6.14. The number of ether oxygens (including phenoxy) is 2. The number of methoxy groups -OCH3 is 1. The molecule has 0 N–H and O–H groups in total. The Morgan fingerprint density at radius 3 is 2.36 bits per heavy atom. The van der Waals surface area contributed by atoms with Gasteiger partial charge in [-0.1, -0.05) is 18.1 Å². The van der Waals surface area contributed by atoms with Crippen LogP contribution in [0.1, 0.15) is 61.1 Å². The monoisotopic (exact) mass is 620 g/mol. The molecule has 1 fully saturated rings. The van der Waals surface area contributed by atoms with Gasteiger partial charge in [0.2, 0.25) is 5.91 Å². The number of carbonyl (C=O) groups is 2. The first-order valence-corrected chi connectivity index (χ1v) is 16.9. The van der Waals surface area contributed by atoms with Gasteiger partial charge >= 0.3 is 0 Å². The highest BCUT2D eigenvalue weighted by Crippen LogP contribution is 2.44. The van der Waals surface area contributed by atoms with Gasteiger partial charge in [0.1, 0.15) is 65.2 Å². The van der Waals surface area contributed by atoms with Crippen molar-refractivity contribution in [1.29, 1.82) is 0 Å². The van der Waals surface area contributed by atoms with Gasteiger partial charge in [0.05, 0.1) is 18.5 Å². The highest BCUT2D eigenvalue weighted by atomic mass is 32.1. The van der Waals surface area contributed by atoms with Crippen molar-refractivity contribution in [2.45, 2.75) is 56.6 Å². The van der Waals surface area contributed by atoms with Crippen molar-refractivity contribution in [2.24, 2.45) is 5.92 Å². The Kier molecular flexibility index (Phi) is 9.50.